The van der Waals surface area contributed by atoms with E-state index in [1.54, 1.807) is 6.08 Å². The minimum absolute atomic E-state index is 0.0129. The van der Waals surface area contributed by atoms with Crippen LogP contribution in [0.1, 0.15) is 59.8 Å². The molecule has 1 unspecified atom stereocenters. The van der Waals surface area contributed by atoms with Gasteiger partial charge in [0.1, 0.15) is 6.10 Å². The zero-order valence-corrected chi connectivity index (χ0v) is 17.2. The molecule has 0 aromatic carbocycles. The Morgan fingerprint density at radius 1 is 1.19 bits per heavy atom. The van der Waals surface area contributed by atoms with Crippen molar-refractivity contribution in [2.75, 3.05) is 6.61 Å². The van der Waals surface area contributed by atoms with Gasteiger partial charge in [0, 0.05) is 16.7 Å². The predicted octanol–water partition coefficient (Wildman–Crippen LogP) is 3.99. The van der Waals surface area contributed by atoms with Crippen molar-refractivity contribution in [1.29, 1.82) is 0 Å². The first-order valence-corrected chi connectivity index (χ1v) is 10.7. The van der Waals surface area contributed by atoms with Crippen molar-refractivity contribution in [3.63, 3.8) is 0 Å². The Kier molecular flexibility index (Phi) is 3.87. The van der Waals surface area contributed by atoms with E-state index in [1.165, 1.54) is 11.1 Å². The van der Waals surface area contributed by atoms with Gasteiger partial charge in [-0.1, -0.05) is 32.9 Å². The Morgan fingerprint density at radius 3 is 2.63 bits per heavy atom. The Hall–Kier alpha value is -0.680. The fraction of sp³-hybridized carbons (Fsp3) is 0.826. The maximum atomic E-state index is 12.0. The lowest BCUT2D eigenvalue weighted by molar-refractivity contribution is -0.234. The topological polar surface area (TPSA) is 47.9 Å². The molecule has 1 N–H and O–H groups in total. The molecule has 4 heteroatoms. The lowest BCUT2D eigenvalue weighted by Gasteiger charge is -2.62. The normalized spacial score (nSPS) is 53.4. The molecule has 150 valence electrons. The maximum absolute atomic E-state index is 12.0. The maximum Gasteiger partial charge on any atom is 0.177 e. The van der Waals surface area contributed by atoms with E-state index in [-0.39, 0.29) is 29.3 Å². The van der Waals surface area contributed by atoms with E-state index in [2.05, 4.69) is 34.3 Å². The first kappa shape index (κ1) is 18.4. The predicted molar refractivity (Wildman–Crippen MR) is 103 cm³/mol. The van der Waals surface area contributed by atoms with E-state index < -0.39 is 5.60 Å². The average Bonchev–Trinajstić information content (AvgIpc) is 3.00. The van der Waals surface area contributed by atoms with Crippen LogP contribution in [0, 0.1) is 22.7 Å². The molecule has 5 aliphatic rings. The van der Waals surface area contributed by atoms with Crippen LogP contribution in [0.25, 0.3) is 0 Å². The molecule has 0 amide bonds. The molecule has 2 saturated carbocycles. The molecule has 0 aromatic rings. The Morgan fingerprint density at radius 2 is 1.96 bits per heavy atom. The molecule has 4 nitrogen and oxygen atoms in total. The third-order valence-corrected chi connectivity index (χ3v) is 9.04. The van der Waals surface area contributed by atoms with E-state index in [0.717, 1.165) is 38.7 Å². The summed E-state index contributed by atoms with van der Waals surface area (Å²) >= 11 is 0. The van der Waals surface area contributed by atoms with Gasteiger partial charge < -0.3 is 19.3 Å². The number of allylic oxidation sites excluding steroid dienone is 1. The van der Waals surface area contributed by atoms with Crippen LogP contribution in [0.5, 0.6) is 0 Å². The van der Waals surface area contributed by atoms with Crippen LogP contribution in [-0.4, -0.2) is 41.9 Å². The highest BCUT2D eigenvalue weighted by Crippen LogP contribution is 2.64. The quantitative estimate of drug-likeness (QED) is 0.705. The van der Waals surface area contributed by atoms with Crippen molar-refractivity contribution in [3.8, 4) is 0 Å². The van der Waals surface area contributed by atoms with E-state index >= 15 is 0 Å². The molecule has 5 rings (SSSR count). The van der Waals surface area contributed by atoms with Gasteiger partial charge in [0.05, 0.1) is 24.4 Å². The molecule has 3 aliphatic carbocycles. The fourth-order valence-electron chi connectivity index (χ4n) is 7.12. The van der Waals surface area contributed by atoms with Gasteiger partial charge in [0.2, 0.25) is 0 Å². The fourth-order valence-corrected chi connectivity index (χ4v) is 7.12. The number of rotatable bonds is 1. The number of hydrogen-bond donors (Lipinski definition) is 1. The SMILES string of the molecule is C=C[C@@H]1O[C@@H]2C3=C(C)CC[C@@](O)(CC4[C@@H]5CO[C@@H]5CC[C@@]4(C)[C@@H]2O1)C3(C)C. The highest BCUT2D eigenvalue weighted by molar-refractivity contribution is 5.35. The van der Waals surface area contributed by atoms with Crippen molar-refractivity contribution >= 4 is 0 Å². The Balaban J connectivity index is 1.69. The van der Waals surface area contributed by atoms with Crippen LogP contribution in [0.3, 0.4) is 0 Å². The van der Waals surface area contributed by atoms with Gasteiger partial charge in [-0.2, -0.15) is 0 Å². The number of fused-ring (bicyclic) bond motifs is 8. The number of aliphatic hydroxyl groups is 1. The average molecular weight is 375 g/mol. The van der Waals surface area contributed by atoms with Gasteiger partial charge >= 0.3 is 0 Å². The number of ether oxygens (including phenoxy) is 3. The second-order valence-electron chi connectivity index (χ2n) is 10.5. The molecule has 4 fully saturated rings. The van der Waals surface area contributed by atoms with Gasteiger partial charge in [-0.15, -0.1) is 0 Å². The molecule has 0 aromatic heterocycles. The Labute approximate surface area is 162 Å². The van der Waals surface area contributed by atoms with E-state index in [9.17, 15) is 5.11 Å². The van der Waals surface area contributed by atoms with Crippen molar-refractivity contribution < 1.29 is 19.3 Å². The first-order valence-electron chi connectivity index (χ1n) is 10.7. The molecule has 2 bridgehead atoms. The van der Waals surface area contributed by atoms with Crippen molar-refractivity contribution in [2.45, 2.75) is 90.0 Å². The molecule has 2 saturated heterocycles. The molecule has 2 heterocycles. The summed E-state index contributed by atoms with van der Waals surface area (Å²) < 4.78 is 18.8. The van der Waals surface area contributed by atoms with E-state index in [0.29, 0.717) is 17.9 Å². The van der Waals surface area contributed by atoms with Crippen molar-refractivity contribution in [3.05, 3.63) is 23.8 Å². The highest BCUT2D eigenvalue weighted by atomic mass is 16.7. The van der Waals surface area contributed by atoms with Crippen LogP contribution in [0.4, 0.5) is 0 Å². The zero-order chi connectivity index (χ0) is 19.2. The summed E-state index contributed by atoms with van der Waals surface area (Å²) in [6.07, 6.45) is 6.46. The number of hydrogen-bond acceptors (Lipinski definition) is 4. The third-order valence-electron chi connectivity index (χ3n) is 9.04. The summed E-state index contributed by atoms with van der Waals surface area (Å²) in [5.41, 5.74) is 1.61. The van der Waals surface area contributed by atoms with Gasteiger partial charge in [0.25, 0.3) is 0 Å². The van der Waals surface area contributed by atoms with Crippen LogP contribution in [0.2, 0.25) is 0 Å². The molecular formula is C23H34O4. The second kappa shape index (κ2) is 5.69. The van der Waals surface area contributed by atoms with E-state index in [4.69, 9.17) is 14.2 Å². The standard InChI is InChI=1S/C23H34O4/c1-6-17-26-19-18-13(2)7-10-23(24,21(18,3)4)11-15-14-12-25-16(14)8-9-22(15,5)20(19)27-17/h6,14-17,19-20,24H,1,7-12H2,2-5H3/t14-,15?,16+,17+,19+,20+,22+,23+/m0/s1. The lowest BCUT2D eigenvalue weighted by atomic mass is 9.47. The van der Waals surface area contributed by atoms with Gasteiger partial charge in [0.15, 0.2) is 6.29 Å². The summed E-state index contributed by atoms with van der Waals surface area (Å²) in [6.45, 7) is 13.8. The summed E-state index contributed by atoms with van der Waals surface area (Å²) in [4.78, 5) is 0. The van der Waals surface area contributed by atoms with Crippen LogP contribution in [0.15, 0.2) is 23.8 Å². The third kappa shape index (κ3) is 2.24. The zero-order valence-electron chi connectivity index (χ0n) is 17.2. The van der Waals surface area contributed by atoms with E-state index in [1.807, 2.05) is 0 Å². The van der Waals surface area contributed by atoms with Gasteiger partial charge in [-0.3, -0.25) is 0 Å². The van der Waals surface area contributed by atoms with Crippen molar-refractivity contribution in [2.24, 2.45) is 22.7 Å². The summed E-state index contributed by atoms with van der Waals surface area (Å²) in [5.74, 6) is 0.929. The van der Waals surface area contributed by atoms with Gasteiger partial charge in [-0.05, 0) is 56.6 Å². The second-order valence-corrected chi connectivity index (χ2v) is 10.5. The minimum atomic E-state index is -0.703. The minimum Gasteiger partial charge on any atom is -0.389 e. The van der Waals surface area contributed by atoms with Gasteiger partial charge in [-0.25, -0.2) is 0 Å². The molecule has 2 aliphatic heterocycles. The monoisotopic (exact) mass is 374 g/mol. The summed E-state index contributed by atoms with van der Waals surface area (Å²) in [6, 6.07) is 0. The molecule has 8 atom stereocenters. The molecule has 27 heavy (non-hydrogen) atoms. The molecular weight excluding hydrogens is 340 g/mol. The molecule has 0 radical (unpaired) electrons. The first-order chi connectivity index (χ1) is 12.7. The van der Waals surface area contributed by atoms with Crippen molar-refractivity contribution in [1.82, 2.24) is 0 Å². The Bertz CT molecular complexity index is 696. The van der Waals surface area contributed by atoms with Crippen LogP contribution in [-0.2, 0) is 14.2 Å². The lowest BCUT2D eigenvalue weighted by Crippen LogP contribution is -2.65. The summed E-state index contributed by atoms with van der Waals surface area (Å²) in [5, 5.41) is 12.0. The highest BCUT2D eigenvalue weighted by Gasteiger charge is 2.65. The van der Waals surface area contributed by atoms with Crippen LogP contribution < -0.4 is 0 Å². The largest absolute Gasteiger partial charge is 0.389 e. The smallest absolute Gasteiger partial charge is 0.177 e. The molecule has 0 spiro atoms. The van der Waals surface area contributed by atoms with Crippen LogP contribution >= 0.6 is 0 Å². The summed E-state index contributed by atoms with van der Waals surface area (Å²) in [7, 11) is 0.